The average Bonchev–Trinajstić information content (AvgIpc) is 3.25. The smallest absolute Gasteiger partial charge is 0.404 e. The molecule has 3 aliphatic heterocycles. The summed E-state index contributed by atoms with van der Waals surface area (Å²) >= 11 is 1.54. The lowest BCUT2D eigenvalue weighted by Crippen LogP contribution is -2.57. The van der Waals surface area contributed by atoms with Crippen molar-refractivity contribution in [3.63, 3.8) is 0 Å². The zero-order valence-corrected chi connectivity index (χ0v) is 19.9. The van der Waals surface area contributed by atoms with Crippen LogP contribution in [0.4, 0.5) is 4.79 Å². The summed E-state index contributed by atoms with van der Waals surface area (Å²) in [6, 6.07) is 16.5. The zero-order chi connectivity index (χ0) is 22.1. The van der Waals surface area contributed by atoms with Gasteiger partial charge in [0.05, 0.1) is 4.88 Å². The molecule has 6 nitrogen and oxygen atoms in total. The lowest BCUT2D eigenvalue weighted by atomic mass is 9.84. The number of piperidine rings is 3. The third kappa shape index (κ3) is 5.00. The van der Waals surface area contributed by atoms with Gasteiger partial charge in [0, 0.05) is 23.8 Å². The van der Waals surface area contributed by atoms with Crippen LogP contribution in [0.5, 0.6) is 0 Å². The summed E-state index contributed by atoms with van der Waals surface area (Å²) in [7, 11) is 0. The highest BCUT2D eigenvalue weighted by Crippen LogP contribution is 2.37. The Hall–Kier alpha value is -2.61. The minimum atomic E-state index is -1.01. The fourth-order valence-electron chi connectivity index (χ4n) is 5.06. The van der Waals surface area contributed by atoms with Crippen molar-refractivity contribution in [2.24, 2.45) is 5.92 Å². The number of rotatable bonds is 6. The van der Waals surface area contributed by atoms with E-state index < -0.39 is 6.09 Å². The summed E-state index contributed by atoms with van der Waals surface area (Å²) < 4.78 is 1.09. The molecule has 2 bridgehead atoms. The molecule has 3 saturated heterocycles. The van der Waals surface area contributed by atoms with E-state index in [1.165, 1.54) is 24.2 Å². The van der Waals surface area contributed by atoms with E-state index >= 15 is 0 Å². The minimum Gasteiger partial charge on any atom is -0.465 e. The predicted octanol–water partition coefficient (Wildman–Crippen LogP) is 4.62. The van der Waals surface area contributed by atoms with Crippen LogP contribution in [0.15, 0.2) is 48.5 Å². The van der Waals surface area contributed by atoms with Crippen LogP contribution < -0.4 is 10.6 Å². The molecule has 8 heteroatoms. The van der Waals surface area contributed by atoms with Gasteiger partial charge >= 0.3 is 6.09 Å². The average molecular weight is 486 g/mol. The summed E-state index contributed by atoms with van der Waals surface area (Å²) in [5.41, 5.74) is 3.25. The molecule has 3 aromatic rings. The molecule has 0 radical (unpaired) electrons. The summed E-state index contributed by atoms with van der Waals surface area (Å²) in [5, 5.41) is 15.7. The molecule has 0 aliphatic carbocycles. The van der Waals surface area contributed by atoms with Crippen LogP contribution in [0, 0.1) is 5.92 Å². The molecule has 4 heterocycles. The third-order valence-corrected chi connectivity index (χ3v) is 7.90. The number of hydrogen-bond donors (Lipinski definition) is 3. The molecule has 3 aliphatic rings. The van der Waals surface area contributed by atoms with Gasteiger partial charge in [-0.1, -0.05) is 42.5 Å². The molecule has 1 atom stereocenters. The summed E-state index contributed by atoms with van der Waals surface area (Å²) in [6.45, 7) is 3.64. The van der Waals surface area contributed by atoms with Crippen LogP contribution in [0.25, 0.3) is 21.2 Å². The Morgan fingerprint density at radius 3 is 2.55 bits per heavy atom. The fourth-order valence-corrected chi connectivity index (χ4v) is 6.15. The second-order valence-corrected chi connectivity index (χ2v) is 9.74. The molecule has 2 amide bonds. The van der Waals surface area contributed by atoms with Gasteiger partial charge in [0.1, 0.15) is 0 Å². The molecule has 1 aromatic heterocycles. The number of nitrogens with zero attached hydrogens (tertiary/aromatic N) is 1. The molecule has 3 N–H and O–H groups in total. The second kappa shape index (κ2) is 10.1. The molecular formula is C25H28ClN3O3S. The highest BCUT2D eigenvalue weighted by atomic mass is 35.5. The van der Waals surface area contributed by atoms with Crippen LogP contribution in [0.1, 0.15) is 28.1 Å². The highest BCUT2D eigenvalue weighted by Gasteiger charge is 2.35. The monoisotopic (exact) mass is 485 g/mol. The Morgan fingerprint density at radius 1 is 1.06 bits per heavy atom. The normalized spacial score (nSPS) is 21.4. The van der Waals surface area contributed by atoms with Crippen LogP contribution in [0.2, 0.25) is 0 Å². The van der Waals surface area contributed by atoms with Crippen molar-refractivity contribution in [3.05, 3.63) is 59.0 Å². The molecule has 0 unspecified atom stereocenters. The third-order valence-electron chi connectivity index (χ3n) is 6.72. The Balaban J connectivity index is 0.00000259. The summed E-state index contributed by atoms with van der Waals surface area (Å²) in [6.07, 6.45) is 1.95. The number of thiophene rings is 1. The molecule has 3 fully saturated rings. The SMILES string of the molecule is Cl.O=C(O)NCCc1ccccc1-c1cccc2cc(C(=O)N[C@H]3CN4CCC3CC4)sc12. The number of carbonyl (C=O) groups is 2. The van der Waals surface area contributed by atoms with Crippen molar-refractivity contribution in [2.75, 3.05) is 26.2 Å². The van der Waals surface area contributed by atoms with Gasteiger partial charge in [-0.25, -0.2) is 4.79 Å². The van der Waals surface area contributed by atoms with Gasteiger partial charge in [-0.05, 0) is 66.4 Å². The standard InChI is InChI=1S/C25H27N3O3S.ClH/c29-24(27-21-15-28-12-9-17(21)10-13-28)22-14-18-5-3-7-20(23(18)32-22)19-6-2-1-4-16(19)8-11-26-25(30)31;/h1-7,14,17,21,26H,8-13,15H2,(H,27,29)(H,30,31);1H/t21-;/m0./s1. The van der Waals surface area contributed by atoms with E-state index in [4.69, 9.17) is 5.11 Å². The maximum atomic E-state index is 13.1. The first-order chi connectivity index (χ1) is 15.6. The number of nitrogens with one attached hydrogen (secondary N) is 2. The van der Waals surface area contributed by atoms with E-state index in [2.05, 4.69) is 33.7 Å². The molecular weight excluding hydrogens is 458 g/mol. The topological polar surface area (TPSA) is 81.7 Å². The van der Waals surface area contributed by atoms with Crippen molar-refractivity contribution in [3.8, 4) is 11.1 Å². The Morgan fingerprint density at radius 2 is 1.82 bits per heavy atom. The Labute approximate surface area is 203 Å². The Bertz CT molecular complexity index is 1160. The van der Waals surface area contributed by atoms with Crippen LogP contribution in [-0.4, -0.2) is 54.2 Å². The maximum Gasteiger partial charge on any atom is 0.404 e. The van der Waals surface area contributed by atoms with Crippen LogP contribution >= 0.6 is 23.7 Å². The fraction of sp³-hybridized carbons (Fsp3) is 0.360. The number of fused-ring (bicyclic) bond motifs is 4. The van der Waals surface area contributed by atoms with Crippen LogP contribution in [0.3, 0.4) is 0 Å². The van der Waals surface area contributed by atoms with Crippen molar-refractivity contribution < 1.29 is 14.7 Å². The quantitative estimate of drug-likeness (QED) is 0.475. The van der Waals surface area contributed by atoms with Crippen molar-refractivity contribution in [1.29, 1.82) is 0 Å². The maximum absolute atomic E-state index is 13.1. The lowest BCUT2D eigenvalue weighted by Gasteiger charge is -2.44. The number of halogens is 1. The van der Waals surface area contributed by atoms with E-state index in [1.807, 2.05) is 30.3 Å². The molecule has 0 saturated carbocycles. The van der Waals surface area contributed by atoms with Crippen molar-refractivity contribution in [1.82, 2.24) is 15.5 Å². The first kappa shape index (κ1) is 23.5. The lowest BCUT2D eigenvalue weighted by molar-refractivity contribution is 0.0622. The van der Waals surface area contributed by atoms with E-state index in [1.54, 1.807) is 0 Å². The van der Waals surface area contributed by atoms with Gasteiger partial charge in [0.25, 0.3) is 5.91 Å². The van der Waals surface area contributed by atoms with Crippen LogP contribution in [-0.2, 0) is 6.42 Å². The van der Waals surface area contributed by atoms with Crippen molar-refractivity contribution in [2.45, 2.75) is 25.3 Å². The minimum absolute atomic E-state index is 0. The molecule has 2 aromatic carbocycles. The van der Waals surface area contributed by atoms with Crippen molar-refractivity contribution >= 4 is 45.8 Å². The number of carbonyl (C=O) groups excluding carboxylic acids is 1. The van der Waals surface area contributed by atoms with E-state index in [9.17, 15) is 9.59 Å². The molecule has 33 heavy (non-hydrogen) atoms. The largest absolute Gasteiger partial charge is 0.465 e. The number of carboxylic acid groups (broad SMARTS) is 1. The summed E-state index contributed by atoms with van der Waals surface area (Å²) in [4.78, 5) is 27.1. The molecule has 6 rings (SSSR count). The van der Waals surface area contributed by atoms with E-state index in [0.29, 0.717) is 18.9 Å². The predicted molar refractivity (Wildman–Crippen MR) is 135 cm³/mol. The van der Waals surface area contributed by atoms with E-state index in [0.717, 1.165) is 51.3 Å². The van der Waals surface area contributed by atoms with E-state index in [-0.39, 0.29) is 24.4 Å². The second-order valence-electron chi connectivity index (χ2n) is 8.69. The summed E-state index contributed by atoms with van der Waals surface area (Å²) in [5.74, 6) is 0.620. The first-order valence-electron chi connectivity index (χ1n) is 11.2. The van der Waals surface area contributed by atoms with Gasteiger partial charge in [-0.2, -0.15) is 0 Å². The molecule has 174 valence electrons. The zero-order valence-electron chi connectivity index (χ0n) is 18.3. The number of benzene rings is 2. The van der Waals surface area contributed by atoms with Gasteiger partial charge in [0.15, 0.2) is 0 Å². The van der Waals surface area contributed by atoms with Gasteiger partial charge in [-0.15, -0.1) is 23.7 Å². The molecule has 0 spiro atoms. The van der Waals surface area contributed by atoms with Gasteiger partial charge in [0.2, 0.25) is 0 Å². The number of amides is 2. The van der Waals surface area contributed by atoms with Gasteiger partial charge < -0.3 is 20.6 Å². The first-order valence-corrected chi connectivity index (χ1v) is 12.0. The number of hydrogen-bond acceptors (Lipinski definition) is 4. The Kier molecular flexibility index (Phi) is 7.22. The highest BCUT2D eigenvalue weighted by molar-refractivity contribution is 7.21. The van der Waals surface area contributed by atoms with Gasteiger partial charge in [-0.3, -0.25) is 4.79 Å².